The number of hydrogen-bond acceptors (Lipinski definition) is 3. The standard InChI is InChI=1S/C12H10O3/c13-5-7-1-2-9-8(7)3-4-10-11(9)6-15-12(10)14/h3-5,7H,1-2,6H2/t7-/m0/s1. The van der Waals surface area contributed by atoms with Gasteiger partial charge in [-0.2, -0.15) is 0 Å². The molecule has 0 spiro atoms. The second-order valence-electron chi connectivity index (χ2n) is 4.02. The summed E-state index contributed by atoms with van der Waals surface area (Å²) in [4.78, 5) is 22.2. The number of aldehydes is 1. The highest BCUT2D eigenvalue weighted by atomic mass is 16.5. The SMILES string of the molecule is O=C[C@@H]1CCc2c1ccc1c2COC1=O. The van der Waals surface area contributed by atoms with E-state index in [-0.39, 0.29) is 11.9 Å². The van der Waals surface area contributed by atoms with Gasteiger partial charge in [0.25, 0.3) is 0 Å². The van der Waals surface area contributed by atoms with Crippen molar-refractivity contribution in [2.75, 3.05) is 0 Å². The molecule has 2 aliphatic rings. The van der Waals surface area contributed by atoms with Gasteiger partial charge in [-0.1, -0.05) is 6.07 Å². The predicted octanol–water partition coefficient (Wildman–Crippen LogP) is 1.59. The molecular weight excluding hydrogens is 192 g/mol. The highest BCUT2D eigenvalue weighted by molar-refractivity contribution is 5.94. The van der Waals surface area contributed by atoms with E-state index in [1.807, 2.05) is 6.07 Å². The molecule has 0 N–H and O–H groups in total. The number of ether oxygens (including phenoxy) is 1. The molecule has 0 fully saturated rings. The number of fused-ring (bicyclic) bond motifs is 3. The maximum atomic E-state index is 11.3. The molecule has 3 heteroatoms. The van der Waals surface area contributed by atoms with Gasteiger partial charge in [0, 0.05) is 11.5 Å². The van der Waals surface area contributed by atoms with Crippen LogP contribution in [0.1, 0.15) is 39.4 Å². The lowest BCUT2D eigenvalue weighted by molar-refractivity contribution is -0.109. The summed E-state index contributed by atoms with van der Waals surface area (Å²) in [5.41, 5.74) is 3.93. The Labute approximate surface area is 87.0 Å². The predicted molar refractivity (Wildman–Crippen MR) is 52.7 cm³/mol. The monoisotopic (exact) mass is 202 g/mol. The molecule has 1 aromatic carbocycles. The van der Waals surface area contributed by atoms with Gasteiger partial charge in [0.05, 0.1) is 5.56 Å². The van der Waals surface area contributed by atoms with Gasteiger partial charge in [-0.05, 0) is 30.0 Å². The molecule has 3 rings (SSSR count). The average molecular weight is 202 g/mol. The lowest BCUT2D eigenvalue weighted by Gasteiger charge is -2.05. The summed E-state index contributed by atoms with van der Waals surface area (Å²) < 4.78 is 4.99. The van der Waals surface area contributed by atoms with Crippen molar-refractivity contribution in [1.29, 1.82) is 0 Å². The maximum absolute atomic E-state index is 11.3. The lowest BCUT2D eigenvalue weighted by atomic mass is 9.97. The summed E-state index contributed by atoms with van der Waals surface area (Å²) in [6.07, 6.45) is 2.75. The third-order valence-electron chi connectivity index (χ3n) is 3.30. The van der Waals surface area contributed by atoms with Crippen LogP contribution in [-0.2, 0) is 22.6 Å². The van der Waals surface area contributed by atoms with Crippen LogP contribution in [0.15, 0.2) is 12.1 Å². The number of cyclic esters (lactones) is 1. The normalized spacial score (nSPS) is 22.1. The zero-order chi connectivity index (χ0) is 10.4. The lowest BCUT2D eigenvalue weighted by Crippen LogP contribution is -1.98. The number of carbonyl (C=O) groups is 2. The molecule has 1 heterocycles. The minimum Gasteiger partial charge on any atom is -0.457 e. The van der Waals surface area contributed by atoms with Crippen molar-refractivity contribution in [3.05, 3.63) is 34.4 Å². The van der Waals surface area contributed by atoms with Crippen molar-refractivity contribution in [1.82, 2.24) is 0 Å². The Morgan fingerprint density at radius 3 is 3.00 bits per heavy atom. The molecule has 76 valence electrons. The molecule has 0 bridgehead atoms. The first-order chi connectivity index (χ1) is 7.31. The van der Waals surface area contributed by atoms with E-state index in [0.717, 1.165) is 35.8 Å². The van der Waals surface area contributed by atoms with E-state index in [4.69, 9.17) is 4.74 Å². The van der Waals surface area contributed by atoms with Crippen LogP contribution in [-0.4, -0.2) is 12.3 Å². The Hall–Kier alpha value is -1.64. The molecule has 1 atom stereocenters. The van der Waals surface area contributed by atoms with E-state index in [2.05, 4.69) is 0 Å². The van der Waals surface area contributed by atoms with Crippen LogP contribution >= 0.6 is 0 Å². The Morgan fingerprint density at radius 2 is 2.20 bits per heavy atom. The summed E-state index contributed by atoms with van der Waals surface area (Å²) in [6, 6.07) is 3.68. The smallest absolute Gasteiger partial charge is 0.338 e. The molecule has 1 aliphatic carbocycles. The highest BCUT2D eigenvalue weighted by Crippen LogP contribution is 2.37. The Bertz CT molecular complexity index is 462. The molecule has 0 aromatic heterocycles. The zero-order valence-corrected chi connectivity index (χ0v) is 8.16. The van der Waals surface area contributed by atoms with Crippen molar-refractivity contribution < 1.29 is 14.3 Å². The van der Waals surface area contributed by atoms with Gasteiger partial charge in [-0.15, -0.1) is 0 Å². The molecule has 0 radical (unpaired) electrons. The zero-order valence-electron chi connectivity index (χ0n) is 8.16. The summed E-state index contributed by atoms with van der Waals surface area (Å²) >= 11 is 0. The Balaban J connectivity index is 2.19. The van der Waals surface area contributed by atoms with Crippen LogP contribution in [0, 0.1) is 0 Å². The van der Waals surface area contributed by atoms with Gasteiger partial charge >= 0.3 is 5.97 Å². The molecule has 15 heavy (non-hydrogen) atoms. The van der Waals surface area contributed by atoms with Crippen LogP contribution in [0.3, 0.4) is 0 Å². The minimum absolute atomic E-state index is 0.0148. The summed E-state index contributed by atoms with van der Waals surface area (Å²) in [7, 11) is 0. The quantitative estimate of drug-likeness (QED) is 0.513. The fourth-order valence-electron chi connectivity index (χ4n) is 2.52. The second kappa shape index (κ2) is 2.92. The van der Waals surface area contributed by atoms with Gasteiger partial charge in [0.2, 0.25) is 0 Å². The van der Waals surface area contributed by atoms with E-state index in [0.29, 0.717) is 12.2 Å². The van der Waals surface area contributed by atoms with Gasteiger partial charge in [0.1, 0.15) is 12.9 Å². The number of benzene rings is 1. The van der Waals surface area contributed by atoms with Crippen molar-refractivity contribution in [2.24, 2.45) is 0 Å². The van der Waals surface area contributed by atoms with Crippen LogP contribution in [0.4, 0.5) is 0 Å². The van der Waals surface area contributed by atoms with E-state index >= 15 is 0 Å². The van der Waals surface area contributed by atoms with Gasteiger partial charge in [0.15, 0.2) is 0 Å². The molecule has 1 aromatic rings. The third-order valence-corrected chi connectivity index (χ3v) is 3.30. The highest BCUT2D eigenvalue weighted by Gasteiger charge is 2.30. The third kappa shape index (κ3) is 1.06. The average Bonchev–Trinajstić information content (AvgIpc) is 2.81. The number of rotatable bonds is 1. The van der Waals surface area contributed by atoms with Crippen LogP contribution < -0.4 is 0 Å². The van der Waals surface area contributed by atoms with Crippen molar-refractivity contribution in [3.63, 3.8) is 0 Å². The number of hydrogen-bond donors (Lipinski definition) is 0. The summed E-state index contributed by atoms with van der Waals surface area (Å²) in [5.74, 6) is -0.219. The largest absolute Gasteiger partial charge is 0.457 e. The number of carbonyl (C=O) groups excluding carboxylic acids is 2. The first-order valence-electron chi connectivity index (χ1n) is 5.08. The first-order valence-corrected chi connectivity index (χ1v) is 5.08. The summed E-state index contributed by atoms with van der Waals surface area (Å²) in [5, 5.41) is 0. The molecule has 1 aliphatic heterocycles. The Kier molecular flexibility index (Phi) is 1.69. The van der Waals surface area contributed by atoms with Crippen molar-refractivity contribution in [3.8, 4) is 0 Å². The maximum Gasteiger partial charge on any atom is 0.338 e. The van der Waals surface area contributed by atoms with Gasteiger partial charge < -0.3 is 9.53 Å². The van der Waals surface area contributed by atoms with Crippen molar-refractivity contribution >= 4 is 12.3 Å². The van der Waals surface area contributed by atoms with Crippen LogP contribution in [0.5, 0.6) is 0 Å². The molecule has 0 saturated carbocycles. The summed E-state index contributed by atoms with van der Waals surface area (Å²) in [6.45, 7) is 0.378. The van der Waals surface area contributed by atoms with Crippen molar-refractivity contribution in [2.45, 2.75) is 25.4 Å². The van der Waals surface area contributed by atoms with Crippen LogP contribution in [0.2, 0.25) is 0 Å². The first kappa shape index (κ1) is 8.65. The fourth-order valence-corrected chi connectivity index (χ4v) is 2.52. The fraction of sp³-hybridized carbons (Fsp3) is 0.333. The topological polar surface area (TPSA) is 43.4 Å². The number of esters is 1. The molecular formula is C12H10O3. The molecule has 3 nitrogen and oxygen atoms in total. The molecule has 0 amide bonds. The van der Waals surface area contributed by atoms with Gasteiger partial charge in [-0.3, -0.25) is 0 Å². The minimum atomic E-state index is -0.234. The Morgan fingerprint density at radius 1 is 1.33 bits per heavy atom. The molecule has 0 unspecified atom stereocenters. The van der Waals surface area contributed by atoms with Crippen LogP contribution in [0.25, 0.3) is 0 Å². The van der Waals surface area contributed by atoms with E-state index in [1.165, 1.54) is 0 Å². The molecule has 0 saturated heterocycles. The van der Waals surface area contributed by atoms with E-state index in [1.54, 1.807) is 6.07 Å². The van der Waals surface area contributed by atoms with Gasteiger partial charge in [-0.25, -0.2) is 4.79 Å². The van der Waals surface area contributed by atoms with E-state index in [9.17, 15) is 9.59 Å². The second-order valence-corrected chi connectivity index (χ2v) is 4.02. The van der Waals surface area contributed by atoms with E-state index < -0.39 is 0 Å².